The van der Waals surface area contributed by atoms with Crippen LogP contribution in [-0.4, -0.2) is 24.5 Å². The zero-order valence-electron chi connectivity index (χ0n) is 11.3. The van der Waals surface area contributed by atoms with Gasteiger partial charge >= 0.3 is 0 Å². The maximum Gasteiger partial charge on any atom is 0.000439 e. The van der Waals surface area contributed by atoms with Gasteiger partial charge in [0.25, 0.3) is 0 Å². The van der Waals surface area contributed by atoms with E-state index in [0.29, 0.717) is 0 Å². The molecule has 1 aliphatic heterocycles. The van der Waals surface area contributed by atoms with Gasteiger partial charge in [0.2, 0.25) is 0 Å². The van der Waals surface area contributed by atoms with Crippen LogP contribution in [-0.2, 0) is 0 Å². The van der Waals surface area contributed by atoms with Crippen LogP contribution in [0.1, 0.15) is 47.5 Å². The molecule has 0 spiro atoms. The quantitative estimate of drug-likeness (QED) is 0.686. The molecule has 1 unspecified atom stereocenters. The minimum absolute atomic E-state index is 0.823. The van der Waals surface area contributed by atoms with Gasteiger partial charge in [0, 0.05) is 6.54 Å². The van der Waals surface area contributed by atoms with E-state index in [-0.39, 0.29) is 0 Å². The second-order valence-corrected chi connectivity index (χ2v) is 6.14. The van der Waals surface area contributed by atoms with Crippen molar-refractivity contribution in [3.05, 3.63) is 0 Å². The van der Waals surface area contributed by atoms with Gasteiger partial charge in [-0.2, -0.15) is 0 Å². The first-order valence-electron chi connectivity index (χ1n) is 6.73. The van der Waals surface area contributed by atoms with Crippen LogP contribution >= 0.6 is 0 Å². The van der Waals surface area contributed by atoms with Crippen LogP contribution in [0.4, 0.5) is 0 Å². The van der Waals surface area contributed by atoms with Gasteiger partial charge in [-0.25, -0.2) is 0 Å². The van der Waals surface area contributed by atoms with Crippen LogP contribution in [0.3, 0.4) is 0 Å². The van der Waals surface area contributed by atoms with E-state index in [1.54, 1.807) is 0 Å². The number of likely N-dealkylation sites (tertiary alicyclic amines) is 1. The number of hydrogen-bond acceptors (Lipinski definition) is 1. The lowest BCUT2D eigenvalue weighted by Crippen LogP contribution is -2.38. The van der Waals surface area contributed by atoms with Gasteiger partial charge < -0.3 is 4.90 Å². The Balaban J connectivity index is 2.29. The van der Waals surface area contributed by atoms with Crippen LogP contribution < -0.4 is 0 Å². The lowest BCUT2D eigenvalue weighted by molar-refractivity contribution is 0.124. The van der Waals surface area contributed by atoms with Crippen molar-refractivity contribution >= 4 is 0 Å². The van der Waals surface area contributed by atoms with E-state index in [4.69, 9.17) is 0 Å². The predicted octanol–water partition coefficient (Wildman–Crippen LogP) is 3.65. The fourth-order valence-corrected chi connectivity index (χ4v) is 2.72. The molecule has 0 saturated carbocycles. The molecule has 0 amide bonds. The minimum atomic E-state index is 0.823. The minimum Gasteiger partial charge on any atom is -0.303 e. The highest BCUT2D eigenvalue weighted by atomic mass is 15.1. The molecule has 1 atom stereocenters. The molecule has 1 rings (SSSR count). The van der Waals surface area contributed by atoms with Crippen molar-refractivity contribution in [2.75, 3.05) is 19.6 Å². The molecule has 0 aromatic carbocycles. The summed E-state index contributed by atoms with van der Waals surface area (Å²) in [5.74, 6) is 3.57. The summed E-state index contributed by atoms with van der Waals surface area (Å²) < 4.78 is 0. The van der Waals surface area contributed by atoms with Gasteiger partial charge in [-0.3, -0.25) is 0 Å². The second kappa shape index (κ2) is 5.89. The third-order valence-electron chi connectivity index (χ3n) is 4.05. The van der Waals surface area contributed by atoms with Gasteiger partial charge in [0.05, 0.1) is 0 Å². The summed E-state index contributed by atoms with van der Waals surface area (Å²) in [6.07, 6.45) is 2.85. The lowest BCUT2D eigenvalue weighted by atomic mass is 9.79. The number of nitrogens with zero attached hydrogens (tertiary/aromatic N) is 1. The average Bonchev–Trinajstić information content (AvgIpc) is 2.17. The Bertz CT molecular complexity index is 166. The summed E-state index contributed by atoms with van der Waals surface area (Å²) in [6, 6.07) is 0. The van der Waals surface area contributed by atoms with Crippen molar-refractivity contribution < 1.29 is 0 Å². The summed E-state index contributed by atoms with van der Waals surface area (Å²) in [7, 11) is 0. The van der Waals surface area contributed by atoms with Gasteiger partial charge in [0.1, 0.15) is 0 Å². The Morgan fingerprint density at radius 1 is 1.00 bits per heavy atom. The lowest BCUT2D eigenvalue weighted by Gasteiger charge is -2.37. The fourth-order valence-electron chi connectivity index (χ4n) is 2.72. The van der Waals surface area contributed by atoms with E-state index in [1.807, 2.05) is 0 Å². The average molecular weight is 211 g/mol. The molecule has 1 heteroatoms. The van der Waals surface area contributed by atoms with Gasteiger partial charge in [-0.15, -0.1) is 0 Å². The first kappa shape index (κ1) is 13.0. The molecule has 0 N–H and O–H groups in total. The molecular formula is C14H29N. The molecule has 1 heterocycles. The fraction of sp³-hybridized carbons (Fsp3) is 1.00. The maximum atomic E-state index is 2.65. The van der Waals surface area contributed by atoms with E-state index in [2.05, 4.69) is 39.5 Å². The molecule has 0 bridgehead atoms. The molecule has 0 aromatic heterocycles. The Labute approximate surface area is 96.2 Å². The highest BCUT2D eigenvalue weighted by Crippen LogP contribution is 2.29. The highest BCUT2D eigenvalue weighted by molar-refractivity contribution is 4.77. The van der Waals surface area contributed by atoms with Crippen LogP contribution in [0.15, 0.2) is 0 Å². The van der Waals surface area contributed by atoms with Crippen molar-refractivity contribution in [1.29, 1.82) is 0 Å². The third-order valence-corrected chi connectivity index (χ3v) is 4.05. The Morgan fingerprint density at radius 3 is 1.93 bits per heavy atom. The van der Waals surface area contributed by atoms with E-state index in [1.165, 1.54) is 32.5 Å². The van der Waals surface area contributed by atoms with E-state index >= 15 is 0 Å². The molecule has 1 aliphatic rings. The van der Waals surface area contributed by atoms with Crippen LogP contribution in [0.25, 0.3) is 0 Å². The molecule has 0 aliphatic carbocycles. The third kappa shape index (κ3) is 4.14. The number of hydrogen-bond donors (Lipinski definition) is 0. The monoisotopic (exact) mass is 211 g/mol. The van der Waals surface area contributed by atoms with Crippen LogP contribution in [0.2, 0.25) is 0 Å². The standard InChI is InChI=1S/C14H29N/c1-11(2)10-15-8-6-14(7-9-15)13(5)12(3)4/h11-14H,6-10H2,1-5H3. The number of piperidine rings is 1. The Hall–Kier alpha value is -0.0400. The Kier molecular flexibility index (Phi) is 5.11. The smallest absolute Gasteiger partial charge is 0.000439 e. The maximum absolute atomic E-state index is 2.65. The Morgan fingerprint density at radius 2 is 1.53 bits per heavy atom. The van der Waals surface area contributed by atoms with Crippen molar-refractivity contribution in [3.8, 4) is 0 Å². The molecule has 0 radical (unpaired) electrons. The van der Waals surface area contributed by atoms with E-state index < -0.39 is 0 Å². The van der Waals surface area contributed by atoms with Crippen LogP contribution in [0, 0.1) is 23.7 Å². The first-order chi connectivity index (χ1) is 7.00. The predicted molar refractivity (Wildman–Crippen MR) is 68.0 cm³/mol. The largest absolute Gasteiger partial charge is 0.303 e. The molecule has 1 nitrogen and oxygen atoms in total. The van der Waals surface area contributed by atoms with Crippen molar-refractivity contribution in [2.24, 2.45) is 23.7 Å². The molecule has 1 saturated heterocycles. The summed E-state index contributed by atoms with van der Waals surface area (Å²) >= 11 is 0. The first-order valence-corrected chi connectivity index (χ1v) is 6.73. The summed E-state index contributed by atoms with van der Waals surface area (Å²) in [6.45, 7) is 15.8. The molecule has 1 fully saturated rings. The topological polar surface area (TPSA) is 3.24 Å². The molecule has 0 aromatic rings. The second-order valence-electron chi connectivity index (χ2n) is 6.14. The van der Waals surface area contributed by atoms with Gasteiger partial charge in [-0.1, -0.05) is 34.6 Å². The normalized spacial score (nSPS) is 22.6. The number of rotatable bonds is 4. The van der Waals surface area contributed by atoms with Crippen molar-refractivity contribution in [2.45, 2.75) is 47.5 Å². The van der Waals surface area contributed by atoms with Gasteiger partial charge in [0.15, 0.2) is 0 Å². The molecule has 15 heavy (non-hydrogen) atoms. The summed E-state index contributed by atoms with van der Waals surface area (Å²) in [5, 5.41) is 0. The zero-order valence-corrected chi connectivity index (χ0v) is 11.3. The molecule has 90 valence electrons. The van der Waals surface area contributed by atoms with E-state index in [0.717, 1.165) is 23.7 Å². The summed E-state index contributed by atoms with van der Waals surface area (Å²) in [4.78, 5) is 2.65. The summed E-state index contributed by atoms with van der Waals surface area (Å²) in [5.41, 5.74) is 0. The molecular weight excluding hydrogens is 182 g/mol. The van der Waals surface area contributed by atoms with Gasteiger partial charge in [-0.05, 0) is 49.6 Å². The highest BCUT2D eigenvalue weighted by Gasteiger charge is 2.25. The zero-order chi connectivity index (χ0) is 11.4. The van der Waals surface area contributed by atoms with E-state index in [9.17, 15) is 0 Å². The van der Waals surface area contributed by atoms with Crippen molar-refractivity contribution in [3.63, 3.8) is 0 Å². The van der Waals surface area contributed by atoms with Crippen LogP contribution in [0.5, 0.6) is 0 Å². The van der Waals surface area contributed by atoms with Crippen molar-refractivity contribution in [1.82, 2.24) is 4.90 Å². The SMILES string of the molecule is CC(C)CN1CCC(C(C)C(C)C)CC1.